The Morgan fingerprint density at radius 3 is 2.58 bits per heavy atom. The van der Waals surface area contributed by atoms with Crippen molar-refractivity contribution in [1.82, 2.24) is 19.6 Å². The van der Waals surface area contributed by atoms with Crippen LogP contribution in [0.5, 0.6) is 0 Å². The minimum atomic E-state index is -2.94. The third-order valence-corrected chi connectivity index (χ3v) is 5.76. The summed E-state index contributed by atoms with van der Waals surface area (Å²) in [7, 11) is -2.94. The van der Waals surface area contributed by atoms with Gasteiger partial charge in [-0.15, -0.1) is 0 Å². The van der Waals surface area contributed by atoms with E-state index in [0.717, 1.165) is 24.0 Å². The van der Waals surface area contributed by atoms with Gasteiger partial charge in [-0.25, -0.2) is 8.42 Å². The second-order valence-electron chi connectivity index (χ2n) is 7.03. The lowest BCUT2D eigenvalue weighted by Gasteiger charge is -2.34. The topological polar surface area (TPSA) is 75.5 Å². The van der Waals surface area contributed by atoms with Gasteiger partial charge in [0.1, 0.15) is 9.84 Å². The number of hydrogen-bond acceptors (Lipinski definition) is 5. The third kappa shape index (κ3) is 4.82. The van der Waals surface area contributed by atoms with Crippen LogP contribution in [-0.4, -0.2) is 78.6 Å². The predicted molar refractivity (Wildman–Crippen MR) is 102 cm³/mol. The number of benzene rings is 1. The summed E-state index contributed by atoms with van der Waals surface area (Å²) < 4.78 is 24.4. The minimum absolute atomic E-state index is 0.128. The average molecular weight is 378 g/mol. The lowest BCUT2D eigenvalue weighted by atomic mass is 10.2. The Morgan fingerprint density at radius 1 is 1.15 bits per heavy atom. The molecule has 0 bridgehead atoms. The van der Waals surface area contributed by atoms with Crippen LogP contribution >= 0.6 is 0 Å². The van der Waals surface area contributed by atoms with Crippen LogP contribution in [0.4, 0.5) is 0 Å². The number of aryl methyl sites for hydroxylation is 2. The summed E-state index contributed by atoms with van der Waals surface area (Å²) in [5, 5.41) is 5.49. The largest absolute Gasteiger partial charge is 0.340 e. The van der Waals surface area contributed by atoms with Crippen molar-refractivity contribution in [3.05, 3.63) is 30.0 Å². The fraction of sp³-hybridized carbons (Fsp3) is 0.556. The molecule has 1 aromatic carbocycles. The zero-order valence-corrected chi connectivity index (χ0v) is 16.2. The lowest BCUT2D eigenvalue weighted by Crippen LogP contribution is -2.49. The maximum absolute atomic E-state index is 12.5. The number of nitrogens with zero attached hydrogens (tertiary/aromatic N) is 4. The van der Waals surface area contributed by atoms with Crippen LogP contribution in [0.2, 0.25) is 0 Å². The Labute approximate surface area is 154 Å². The molecule has 0 aliphatic carbocycles. The molecule has 1 aromatic heterocycles. The zero-order valence-electron chi connectivity index (χ0n) is 15.4. The van der Waals surface area contributed by atoms with Crippen molar-refractivity contribution in [3.8, 4) is 0 Å². The van der Waals surface area contributed by atoms with Gasteiger partial charge in [0.05, 0.1) is 24.0 Å². The molecule has 2 aromatic rings. The summed E-state index contributed by atoms with van der Waals surface area (Å²) in [6.45, 7) is 5.93. The highest BCUT2D eigenvalue weighted by molar-refractivity contribution is 7.90. The summed E-state index contributed by atoms with van der Waals surface area (Å²) in [5.74, 6) is 0.302. The van der Waals surface area contributed by atoms with Crippen LogP contribution in [0, 0.1) is 6.92 Å². The first-order valence-corrected chi connectivity index (χ1v) is 11.0. The van der Waals surface area contributed by atoms with Crippen molar-refractivity contribution in [2.45, 2.75) is 19.9 Å². The molecule has 1 aliphatic heterocycles. The van der Waals surface area contributed by atoms with Gasteiger partial charge in [0.2, 0.25) is 5.91 Å². The van der Waals surface area contributed by atoms with Crippen molar-refractivity contribution in [1.29, 1.82) is 0 Å². The summed E-state index contributed by atoms with van der Waals surface area (Å²) >= 11 is 0. The summed E-state index contributed by atoms with van der Waals surface area (Å²) in [6.07, 6.45) is 3.52. The number of carbonyl (C=O) groups excluding carboxylic acids is 1. The molecule has 0 unspecified atom stereocenters. The molecule has 0 spiro atoms. The third-order valence-electron chi connectivity index (χ3n) is 4.84. The molecule has 2 heterocycles. The number of amides is 1. The van der Waals surface area contributed by atoms with Crippen molar-refractivity contribution < 1.29 is 13.2 Å². The van der Waals surface area contributed by atoms with Gasteiger partial charge in [0, 0.05) is 50.8 Å². The highest BCUT2D eigenvalue weighted by Crippen LogP contribution is 2.16. The Kier molecular flexibility index (Phi) is 5.62. The van der Waals surface area contributed by atoms with Gasteiger partial charge >= 0.3 is 0 Å². The first-order chi connectivity index (χ1) is 12.3. The molecular formula is C18H26N4O3S. The van der Waals surface area contributed by atoms with Gasteiger partial charge < -0.3 is 4.90 Å². The Morgan fingerprint density at radius 2 is 1.88 bits per heavy atom. The van der Waals surface area contributed by atoms with Crippen molar-refractivity contribution in [3.63, 3.8) is 0 Å². The smallest absolute Gasteiger partial charge is 0.224 e. The molecule has 1 saturated heterocycles. The second-order valence-corrected chi connectivity index (χ2v) is 9.29. The number of carbonyl (C=O) groups is 1. The molecule has 26 heavy (non-hydrogen) atoms. The Balaban J connectivity index is 1.48. The molecule has 3 rings (SSSR count). The van der Waals surface area contributed by atoms with Crippen LogP contribution in [0.15, 0.2) is 24.4 Å². The van der Waals surface area contributed by atoms with E-state index in [-0.39, 0.29) is 11.7 Å². The van der Waals surface area contributed by atoms with Gasteiger partial charge in [-0.3, -0.25) is 14.4 Å². The van der Waals surface area contributed by atoms with Crippen molar-refractivity contribution in [2.75, 3.05) is 44.7 Å². The monoisotopic (exact) mass is 378 g/mol. The highest BCUT2D eigenvalue weighted by atomic mass is 32.2. The van der Waals surface area contributed by atoms with Crippen LogP contribution in [-0.2, 0) is 21.2 Å². The first-order valence-electron chi connectivity index (χ1n) is 8.92. The van der Waals surface area contributed by atoms with E-state index in [9.17, 15) is 13.2 Å². The van der Waals surface area contributed by atoms with Crippen molar-refractivity contribution in [2.24, 2.45) is 0 Å². The summed E-state index contributed by atoms with van der Waals surface area (Å²) in [4.78, 5) is 16.5. The van der Waals surface area contributed by atoms with E-state index >= 15 is 0 Å². The van der Waals surface area contributed by atoms with Crippen LogP contribution in [0.1, 0.15) is 12.0 Å². The minimum Gasteiger partial charge on any atom is -0.340 e. The van der Waals surface area contributed by atoms with E-state index in [1.165, 1.54) is 11.8 Å². The Bertz CT molecular complexity index is 883. The number of fused-ring (bicyclic) bond motifs is 1. The van der Waals surface area contributed by atoms with Crippen LogP contribution in [0.3, 0.4) is 0 Å². The molecule has 1 amide bonds. The van der Waals surface area contributed by atoms with E-state index in [1.54, 1.807) is 0 Å². The fourth-order valence-corrected chi connectivity index (χ4v) is 3.85. The van der Waals surface area contributed by atoms with Crippen LogP contribution in [0.25, 0.3) is 10.9 Å². The number of rotatable bonds is 6. The van der Waals surface area contributed by atoms with Gasteiger partial charge in [-0.05, 0) is 19.1 Å². The molecule has 142 valence electrons. The molecule has 8 heteroatoms. The molecular weight excluding hydrogens is 352 g/mol. The number of hydrogen-bond donors (Lipinski definition) is 0. The Hall–Kier alpha value is -1.93. The second kappa shape index (κ2) is 7.75. The molecule has 1 aliphatic rings. The van der Waals surface area contributed by atoms with E-state index in [0.29, 0.717) is 32.6 Å². The number of sulfone groups is 1. The average Bonchev–Trinajstić information content (AvgIpc) is 2.99. The van der Waals surface area contributed by atoms with Crippen LogP contribution < -0.4 is 0 Å². The van der Waals surface area contributed by atoms with E-state index < -0.39 is 9.84 Å². The molecule has 0 N–H and O–H groups in total. The summed E-state index contributed by atoms with van der Waals surface area (Å²) in [6, 6.07) is 6.19. The molecule has 0 radical (unpaired) electrons. The zero-order chi connectivity index (χ0) is 18.7. The van der Waals surface area contributed by atoms with E-state index in [2.05, 4.69) is 29.1 Å². The van der Waals surface area contributed by atoms with E-state index in [4.69, 9.17) is 0 Å². The van der Waals surface area contributed by atoms with Gasteiger partial charge in [0.25, 0.3) is 0 Å². The SMILES string of the molecule is Cc1ccc2c(cnn2CCC(=O)N2CCN(CCS(C)(=O)=O)CC2)c1. The maximum Gasteiger partial charge on any atom is 0.224 e. The molecule has 7 nitrogen and oxygen atoms in total. The van der Waals surface area contributed by atoms with Gasteiger partial charge in [0.15, 0.2) is 0 Å². The first kappa shape index (κ1) is 18.8. The van der Waals surface area contributed by atoms with Gasteiger partial charge in [-0.2, -0.15) is 5.10 Å². The standard InChI is InChI=1S/C18H26N4O3S/c1-15-3-4-17-16(13-15)14-19-22(17)6-5-18(23)21-9-7-20(8-10-21)11-12-26(2,24)25/h3-4,13-14H,5-12H2,1-2H3. The predicted octanol–water partition coefficient (Wildman–Crippen LogP) is 0.924. The summed E-state index contributed by atoms with van der Waals surface area (Å²) in [5.41, 5.74) is 2.25. The maximum atomic E-state index is 12.5. The molecule has 1 fully saturated rings. The molecule has 0 saturated carbocycles. The number of piperazine rings is 1. The quantitative estimate of drug-likeness (QED) is 0.747. The molecule has 0 atom stereocenters. The number of aromatic nitrogens is 2. The fourth-order valence-electron chi connectivity index (χ4n) is 3.26. The highest BCUT2D eigenvalue weighted by Gasteiger charge is 2.21. The van der Waals surface area contributed by atoms with Gasteiger partial charge in [-0.1, -0.05) is 11.6 Å². The normalized spacial score (nSPS) is 16.3. The lowest BCUT2D eigenvalue weighted by molar-refractivity contribution is -0.133. The van der Waals surface area contributed by atoms with Crippen molar-refractivity contribution >= 4 is 26.6 Å². The van der Waals surface area contributed by atoms with E-state index in [1.807, 2.05) is 21.8 Å².